The standard InChI is InChI=1S/C20H16N4O4S3/c1-3-27-15-10-12(6-7-14(15)28-18(26)16-5-4-8-30-16)9-13(11-21)17(25)22-19-23-20(29-2)24-31-19/h4-10H,3H2,1-2H3,(H,22,23,24,25). The molecule has 0 saturated heterocycles. The van der Waals surface area contributed by atoms with Crippen LogP contribution in [0.3, 0.4) is 0 Å². The van der Waals surface area contributed by atoms with Gasteiger partial charge in [-0.1, -0.05) is 23.9 Å². The Morgan fingerprint density at radius 1 is 1.32 bits per heavy atom. The molecule has 0 aliphatic rings. The lowest BCUT2D eigenvalue weighted by atomic mass is 10.1. The van der Waals surface area contributed by atoms with Gasteiger partial charge in [-0.05, 0) is 48.4 Å². The predicted molar refractivity (Wildman–Crippen MR) is 121 cm³/mol. The van der Waals surface area contributed by atoms with Gasteiger partial charge < -0.3 is 9.47 Å². The van der Waals surface area contributed by atoms with E-state index in [0.717, 1.165) is 11.5 Å². The average molecular weight is 473 g/mol. The van der Waals surface area contributed by atoms with E-state index in [1.54, 1.807) is 42.6 Å². The number of rotatable bonds is 8. The minimum atomic E-state index is -0.600. The number of amides is 1. The third-order valence-electron chi connectivity index (χ3n) is 3.68. The summed E-state index contributed by atoms with van der Waals surface area (Å²) in [6.07, 6.45) is 3.24. The average Bonchev–Trinajstić information content (AvgIpc) is 3.46. The van der Waals surface area contributed by atoms with Crippen molar-refractivity contribution in [3.05, 3.63) is 51.7 Å². The van der Waals surface area contributed by atoms with Crippen molar-refractivity contribution in [3.8, 4) is 17.6 Å². The summed E-state index contributed by atoms with van der Waals surface area (Å²) in [6.45, 7) is 2.14. The number of carbonyl (C=O) groups is 2. The molecule has 0 unspecified atom stereocenters. The van der Waals surface area contributed by atoms with Gasteiger partial charge in [0.2, 0.25) is 10.3 Å². The van der Waals surface area contributed by atoms with Crippen molar-refractivity contribution in [3.63, 3.8) is 0 Å². The molecule has 158 valence electrons. The van der Waals surface area contributed by atoms with Gasteiger partial charge >= 0.3 is 5.97 Å². The molecule has 3 rings (SSSR count). The quantitative estimate of drug-likeness (QED) is 0.168. The molecule has 1 N–H and O–H groups in total. The highest BCUT2D eigenvalue weighted by Crippen LogP contribution is 2.30. The first-order valence-corrected chi connectivity index (χ1v) is 11.7. The van der Waals surface area contributed by atoms with Crippen LogP contribution in [0.5, 0.6) is 11.5 Å². The zero-order chi connectivity index (χ0) is 22.2. The van der Waals surface area contributed by atoms with Gasteiger partial charge in [0.1, 0.15) is 16.5 Å². The van der Waals surface area contributed by atoms with Crippen LogP contribution in [0, 0.1) is 11.3 Å². The summed E-state index contributed by atoms with van der Waals surface area (Å²) < 4.78 is 15.1. The number of thioether (sulfide) groups is 1. The first-order valence-electron chi connectivity index (χ1n) is 8.87. The van der Waals surface area contributed by atoms with Crippen molar-refractivity contribution in [1.29, 1.82) is 5.26 Å². The number of esters is 1. The smallest absolute Gasteiger partial charge is 0.353 e. The Hall–Kier alpha value is -3.20. The van der Waals surface area contributed by atoms with Crippen molar-refractivity contribution in [1.82, 2.24) is 9.36 Å². The minimum absolute atomic E-state index is 0.119. The molecular formula is C20H16N4O4S3. The normalized spacial score (nSPS) is 10.9. The van der Waals surface area contributed by atoms with E-state index in [9.17, 15) is 14.9 Å². The summed E-state index contributed by atoms with van der Waals surface area (Å²) in [5.41, 5.74) is 0.416. The van der Waals surface area contributed by atoms with Crippen molar-refractivity contribution in [2.24, 2.45) is 0 Å². The van der Waals surface area contributed by atoms with Gasteiger partial charge in [-0.2, -0.15) is 14.6 Å². The molecule has 2 aromatic heterocycles. The molecule has 1 amide bonds. The van der Waals surface area contributed by atoms with E-state index in [2.05, 4.69) is 14.7 Å². The van der Waals surface area contributed by atoms with Crippen LogP contribution in [-0.4, -0.2) is 34.1 Å². The molecule has 1 aromatic carbocycles. The number of ether oxygens (including phenoxy) is 2. The topological polar surface area (TPSA) is 114 Å². The number of carbonyl (C=O) groups excluding carboxylic acids is 2. The summed E-state index contributed by atoms with van der Waals surface area (Å²) in [6, 6.07) is 10.1. The van der Waals surface area contributed by atoms with Crippen LogP contribution in [0.4, 0.5) is 5.13 Å². The monoisotopic (exact) mass is 472 g/mol. The largest absolute Gasteiger partial charge is 0.490 e. The van der Waals surface area contributed by atoms with Gasteiger partial charge in [0, 0.05) is 11.5 Å². The highest BCUT2D eigenvalue weighted by Gasteiger charge is 2.16. The molecule has 0 bridgehead atoms. The van der Waals surface area contributed by atoms with Gasteiger partial charge in [-0.15, -0.1) is 11.3 Å². The Bertz CT molecular complexity index is 1150. The molecule has 0 aliphatic heterocycles. The maximum Gasteiger partial charge on any atom is 0.353 e. The van der Waals surface area contributed by atoms with Gasteiger partial charge in [0.05, 0.1) is 6.61 Å². The van der Waals surface area contributed by atoms with E-state index >= 15 is 0 Å². The zero-order valence-corrected chi connectivity index (χ0v) is 18.9. The fourth-order valence-electron chi connectivity index (χ4n) is 2.34. The summed E-state index contributed by atoms with van der Waals surface area (Å²) in [4.78, 5) is 29.3. The van der Waals surface area contributed by atoms with Crippen molar-refractivity contribution in [2.75, 3.05) is 18.2 Å². The number of hydrogen-bond donors (Lipinski definition) is 1. The third-order valence-corrected chi connectivity index (χ3v) is 5.82. The van der Waals surface area contributed by atoms with Crippen molar-refractivity contribution in [2.45, 2.75) is 12.1 Å². The predicted octanol–water partition coefficient (Wildman–Crippen LogP) is 4.49. The molecule has 0 fully saturated rings. The number of benzene rings is 1. The Morgan fingerprint density at radius 3 is 2.81 bits per heavy atom. The van der Waals surface area contributed by atoms with E-state index in [1.165, 1.54) is 29.2 Å². The van der Waals surface area contributed by atoms with Crippen LogP contribution in [0.1, 0.15) is 22.2 Å². The third kappa shape index (κ3) is 5.91. The second kappa shape index (κ2) is 10.7. The van der Waals surface area contributed by atoms with E-state index in [-0.39, 0.29) is 11.3 Å². The molecule has 0 aliphatic carbocycles. The van der Waals surface area contributed by atoms with Crippen LogP contribution < -0.4 is 14.8 Å². The molecule has 0 atom stereocenters. The van der Waals surface area contributed by atoms with E-state index in [1.807, 2.05) is 12.3 Å². The number of anilines is 1. The molecule has 2 heterocycles. The molecule has 0 saturated carbocycles. The minimum Gasteiger partial charge on any atom is -0.490 e. The van der Waals surface area contributed by atoms with Crippen LogP contribution in [0.25, 0.3) is 6.08 Å². The highest BCUT2D eigenvalue weighted by molar-refractivity contribution is 7.98. The maximum atomic E-state index is 12.4. The molecule has 31 heavy (non-hydrogen) atoms. The van der Waals surface area contributed by atoms with E-state index in [0.29, 0.717) is 33.1 Å². The summed E-state index contributed by atoms with van der Waals surface area (Å²) in [5, 5.41) is 14.6. The number of thiophene rings is 1. The summed E-state index contributed by atoms with van der Waals surface area (Å²) >= 11 is 3.66. The van der Waals surface area contributed by atoms with Gasteiger partial charge in [-0.25, -0.2) is 4.79 Å². The lowest BCUT2D eigenvalue weighted by molar-refractivity contribution is -0.112. The second-order valence-corrected chi connectivity index (χ2v) is 8.19. The van der Waals surface area contributed by atoms with Crippen LogP contribution >= 0.6 is 34.6 Å². The number of aromatic nitrogens is 2. The highest BCUT2D eigenvalue weighted by atomic mass is 32.2. The Morgan fingerprint density at radius 2 is 2.16 bits per heavy atom. The first-order chi connectivity index (χ1) is 15.0. The van der Waals surface area contributed by atoms with Crippen LogP contribution in [0.2, 0.25) is 0 Å². The number of nitriles is 1. The SMILES string of the molecule is CCOc1cc(C=C(C#N)C(=O)Nc2nc(SC)ns2)ccc1OC(=O)c1cccs1. The van der Waals surface area contributed by atoms with Gasteiger partial charge in [-0.3, -0.25) is 10.1 Å². The van der Waals surface area contributed by atoms with Crippen molar-refractivity contribution >= 4 is 57.7 Å². The van der Waals surface area contributed by atoms with Crippen LogP contribution in [-0.2, 0) is 4.79 Å². The number of nitrogens with zero attached hydrogens (tertiary/aromatic N) is 3. The maximum absolute atomic E-state index is 12.4. The number of nitrogens with one attached hydrogen (secondary N) is 1. The molecular weight excluding hydrogens is 456 g/mol. The number of hydrogen-bond acceptors (Lipinski definition) is 10. The van der Waals surface area contributed by atoms with Gasteiger partial charge in [0.25, 0.3) is 5.91 Å². The Balaban J connectivity index is 1.80. The molecule has 3 aromatic rings. The van der Waals surface area contributed by atoms with Gasteiger partial charge in [0.15, 0.2) is 11.5 Å². The summed E-state index contributed by atoms with van der Waals surface area (Å²) in [5.74, 6) is -0.512. The second-order valence-electron chi connectivity index (χ2n) is 5.72. The van der Waals surface area contributed by atoms with Crippen molar-refractivity contribution < 1.29 is 19.1 Å². The fraction of sp³-hybridized carbons (Fsp3) is 0.150. The molecule has 8 nitrogen and oxygen atoms in total. The van der Waals surface area contributed by atoms with E-state index in [4.69, 9.17) is 9.47 Å². The lowest BCUT2D eigenvalue weighted by Crippen LogP contribution is -2.13. The molecule has 11 heteroatoms. The Labute approximate surface area is 190 Å². The summed E-state index contributed by atoms with van der Waals surface area (Å²) in [7, 11) is 0. The van der Waals surface area contributed by atoms with Crippen LogP contribution in [0.15, 0.2) is 46.4 Å². The lowest BCUT2D eigenvalue weighted by Gasteiger charge is -2.11. The fourth-order valence-corrected chi connectivity index (χ4v) is 4.06. The first kappa shape index (κ1) is 22.5. The van der Waals surface area contributed by atoms with E-state index < -0.39 is 11.9 Å². The Kier molecular flexibility index (Phi) is 7.77. The zero-order valence-electron chi connectivity index (χ0n) is 16.4. The molecule has 0 spiro atoms. The molecule has 0 radical (unpaired) electrons.